The van der Waals surface area contributed by atoms with Crippen molar-refractivity contribution in [2.45, 2.75) is 4.90 Å². The van der Waals surface area contributed by atoms with Gasteiger partial charge in [-0.1, -0.05) is 48.0 Å². The van der Waals surface area contributed by atoms with Gasteiger partial charge in [0.25, 0.3) is 10.0 Å². The number of benzene rings is 3. The van der Waals surface area contributed by atoms with E-state index in [9.17, 15) is 17.6 Å². The molecule has 0 aliphatic rings. The summed E-state index contributed by atoms with van der Waals surface area (Å²) < 4.78 is 46.6. The normalized spacial score (nSPS) is 11.1. The van der Waals surface area contributed by atoms with Gasteiger partial charge in [0.1, 0.15) is 11.6 Å². The zero-order chi connectivity index (χ0) is 21.0. The van der Waals surface area contributed by atoms with Gasteiger partial charge >= 0.3 is 5.97 Å². The lowest BCUT2D eigenvalue weighted by atomic mass is 10.1. The van der Waals surface area contributed by atoms with Gasteiger partial charge in [0.15, 0.2) is 6.61 Å². The van der Waals surface area contributed by atoms with Crippen molar-refractivity contribution in [2.24, 2.45) is 0 Å². The van der Waals surface area contributed by atoms with Crippen molar-refractivity contribution in [3.05, 3.63) is 77.6 Å². The van der Waals surface area contributed by atoms with Gasteiger partial charge in [0, 0.05) is 5.02 Å². The van der Waals surface area contributed by atoms with E-state index in [4.69, 9.17) is 21.4 Å². The predicted molar refractivity (Wildman–Crippen MR) is 107 cm³/mol. The van der Waals surface area contributed by atoms with Crippen LogP contribution in [-0.2, 0) is 14.8 Å². The molecule has 2 N–H and O–H groups in total. The lowest BCUT2D eigenvalue weighted by Gasteiger charge is -2.15. The van der Waals surface area contributed by atoms with Crippen LogP contribution in [0.1, 0.15) is 0 Å². The third-order valence-corrected chi connectivity index (χ3v) is 5.39. The molecule has 0 fully saturated rings. The molecule has 0 saturated heterocycles. The van der Waals surface area contributed by atoms with E-state index >= 15 is 0 Å². The summed E-state index contributed by atoms with van der Waals surface area (Å²) in [5, 5.41) is 8.77. The van der Waals surface area contributed by atoms with E-state index in [1.165, 1.54) is 12.1 Å². The molecule has 0 amide bonds. The van der Waals surface area contributed by atoms with Crippen LogP contribution in [0.3, 0.4) is 0 Å². The number of carboxylic acid groups (broad SMARTS) is 1. The summed E-state index contributed by atoms with van der Waals surface area (Å²) in [6.45, 7) is -0.662. The highest BCUT2D eigenvalue weighted by Crippen LogP contribution is 2.33. The van der Waals surface area contributed by atoms with Crippen molar-refractivity contribution in [1.29, 1.82) is 0 Å². The number of anilines is 1. The molecule has 0 bridgehead atoms. The summed E-state index contributed by atoms with van der Waals surface area (Å²) in [5.74, 6) is -2.01. The third kappa shape index (κ3) is 5.24. The van der Waals surface area contributed by atoms with Crippen molar-refractivity contribution in [3.8, 4) is 16.9 Å². The Balaban J connectivity index is 2.03. The van der Waals surface area contributed by atoms with Gasteiger partial charge in [-0.3, -0.25) is 4.72 Å². The molecule has 29 heavy (non-hydrogen) atoms. The molecule has 6 nitrogen and oxygen atoms in total. The van der Waals surface area contributed by atoms with Crippen LogP contribution in [0.2, 0.25) is 5.02 Å². The zero-order valence-electron chi connectivity index (χ0n) is 14.8. The first-order valence-corrected chi connectivity index (χ1v) is 10.1. The van der Waals surface area contributed by atoms with Gasteiger partial charge < -0.3 is 9.84 Å². The fourth-order valence-corrected chi connectivity index (χ4v) is 3.98. The van der Waals surface area contributed by atoms with Gasteiger partial charge in [0.2, 0.25) is 0 Å². The highest BCUT2D eigenvalue weighted by molar-refractivity contribution is 7.92. The Bertz CT molecular complexity index is 1130. The molecule has 3 rings (SSSR count). The molecule has 0 spiro atoms. The van der Waals surface area contributed by atoms with Gasteiger partial charge in [-0.2, -0.15) is 0 Å². The number of hydrogen-bond acceptors (Lipinski definition) is 4. The van der Waals surface area contributed by atoms with Crippen LogP contribution in [0.4, 0.5) is 10.1 Å². The summed E-state index contributed by atoms with van der Waals surface area (Å²) in [7, 11) is -4.22. The average Bonchev–Trinajstić information content (AvgIpc) is 2.66. The number of sulfonamides is 1. The van der Waals surface area contributed by atoms with Crippen LogP contribution in [0.15, 0.2) is 71.6 Å². The first kappa shape index (κ1) is 20.6. The molecule has 3 aromatic rings. The Morgan fingerprint density at radius 3 is 2.41 bits per heavy atom. The summed E-state index contributed by atoms with van der Waals surface area (Å²) in [6.07, 6.45) is 0. The van der Waals surface area contributed by atoms with Crippen LogP contribution in [0.5, 0.6) is 5.75 Å². The van der Waals surface area contributed by atoms with E-state index in [-0.39, 0.29) is 21.4 Å². The van der Waals surface area contributed by atoms with Crippen LogP contribution in [0, 0.1) is 5.82 Å². The summed E-state index contributed by atoms with van der Waals surface area (Å²) in [6, 6.07) is 16.7. The Labute approximate surface area is 171 Å². The number of nitrogens with one attached hydrogen (secondary N) is 1. The highest BCUT2D eigenvalue weighted by Gasteiger charge is 2.19. The van der Waals surface area contributed by atoms with Crippen molar-refractivity contribution >= 4 is 33.3 Å². The van der Waals surface area contributed by atoms with Crippen LogP contribution >= 0.6 is 11.6 Å². The average molecular weight is 436 g/mol. The quantitative estimate of drug-likeness (QED) is 0.573. The van der Waals surface area contributed by atoms with Gasteiger partial charge in [-0.25, -0.2) is 17.6 Å². The number of carbonyl (C=O) groups is 1. The summed E-state index contributed by atoms with van der Waals surface area (Å²) in [5.41, 5.74) is 1.49. The van der Waals surface area contributed by atoms with Gasteiger partial charge in [-0.05, 0) is 41.5 Å². The van der Waals surface area contributed by atoms with E-state index < -0.39 is 28.4 Å². The molecule has 0 heterocycles. The maximum atomic E-state index is 13.6. The molecule has 0 atom stereocenters. The van der Waals surface area contributed by atoms with Crippen molar-refractivity contribution in [1.82, 2.24) is 0 Å². The van der Waals surface area contributed by atoms with E-state index in [2.05, 4.69) is 4.72 Å². The standard InChI is InChI=1S/C20H15ClFNO5S/c21-15-9-16(22)11-17(10-15)29(26,27)23-18-8-14(13-4-2-1-3-5-13)6-7-19(18)28-12-20(24)25/h1-11,23H,12H2,(H,24,25). The lowest BCUT2D eigenvalue weighted by molar-refractivity contribution is -0.139. The molecule has 9 heteroatoms. The van der Waals surface area contributed by atoms with Crippen molar-refractivity contribution in [2.75, 3.05) is 11.3 Å². The molecule has 0 radical (unpaired) electrons. The van der Waals surface area contributed by atoms with Crippen LogP contribution in [0.25, 0.3) is 11.1 Å². The fourth-order valence-electron chi connectivity index (χ4n) is 2.57. The second-order valence-electron chi connectivity index (χ2n) is 5.97. The molecular weight excluding hydrogens is 421 g/mol. The zero-order valence-corrected chi connectivity index (χ0v) is 16.4. The van der Waals surface area contributed by atoms with Crippen LogP contribution < -0.4 is 9.46 Å². The molecule has 0 unspecified atom stereocenters. The van der Waals surface area contributed by atoms with Crippen LogP contribution in [-0.4, -0.2) is 26.1 Å². The Morgan fingerprint density at radius 2 is 1.76 bits per heavy atom. The fraction of sp³-hybridized carbons (Fsp3) is 0.0500. The number of ether oxygens (including phenoxy) is 1. The summed E-state index contributed by atoms with van der Waals surface area (Å²) >= 11 is 5.76. The monoisotopic (exact) mass is 435 g/mol. The third-order valence-electron chi connectivity index (χ3n) is 3.83. The number of hydrogen-bond donors (Lipinski definition) is 2. The number of carboxylic acids is 1. The molecule has 0 aromatic heterocycles. The van der Waals surface area contributed by atoms with Gasteiger partial charge in [0.05, 0.1) is 10.6 Å². The number of halogens is 2. The Morgan fingerprint density at radius 1 is 1.03 bits per heavy atom. The minimum Gasteiger partial charge on any atom is -0.480 e. The minimum absolute atomic E-state index is 0.00740. The molecule has 0 aliphatic heterocycles. The SMILES string of the molecule is O=C(O)COc1ccc(-c2ccccc2)cc1NS(=O)(=O)c1cc(F)cc(Cl)c1. The molecule has 3 aromatic carbocycles. The van der Waals surface area contributed by atoms with E-state index in [0.717, 1.165) is 23.8 Å². The largest absolute Gasteiger partial charge is 0.480 e. The van der Waals surface area contributed by atoms with Crippen molar-refractivity contribution < 1.29 is 27.4 Å². The second kappa shape index (κ2) is 8.50. The molecule has 0 saturated carbocycles. The molecular formula is C20H15ClFNO5S. The predicted octanol–water partition coefficient (Wildman–Crippen LogP) is 4.41. The van der Waals surface area contributed by atoms with Crippen molar-refractivity contribution in [3.63, 3.8) is 0 Å². The second-order valence-corrected chi connectivity index (χ2v) is 8.09. The lowest BCUT2D eigenvalue weighted by Crippen LogP contribution is -2.16. The van der Waals surface area contributed by atoms with Gasteiger partial charge in [-0.15, -0.1) is 0 Å². The Hall–Kier alpha value is -3.10. The van der Waals surface area contributed by atoms with E-state index in [1.807, 2.05) is 30.3 Å². The highest BCUT2D eigenvalue weighted by atomic mass is 35.5. The maximum Gasteiger partial charge on any atom is 0.341 e. The summed E-state index contributed by atoms with van der Waals surface area (Å²) in [4.78, 5) is 10.5. The smallest absolute Gasteiger partial charge is 0.341 e. The number of rotatable bonds is 7. The topological polar surface area (TPSA) is 92.7 Å². The molecule has 150 valence electrons. The Kier molecular flexibility index (Phi) is 6.05. The van der Waals surface area contributed by atoms with E-state index in [1.54, 1.807) is 6.07 Å². The number of aliphatic carboxylic acids is 1. The molecule has 0 aliphatic carbocycles. The first-order chi connectivity index (χ1) is 13.7. The maximum absolute atomic E-state index is 13.6. The first-order valence-electron chi connectivity index (χ1n) is 8.27. The van der Waals surface area contributed by atoms with E-state index in [0.29, 0.717) is 5.56 Å². The minimum atomic E-state index is -4.22.